The van der Waals surface area contributed by atoms with Crippen molar-refractivity contribution in [2.75, 3.05) is 7.11 Å². The molecule has 0 N–H and O–H groups in total. The quantitative estimate of drug-likeness (QED) is 0.549. The highest BCUT2D eigenvalue weighted by Crippen LogP contribution is 2.24. The van der Waals surface area contributed by atoms with Crippen LogP contribution in [0.3, 0.4) is 0 Å². The van der Waals surface area contributed by atoms with Gasteiger partial charge < -0.3 is 4.74 Å². The SMILES string of the molecule is COc1cccc(-n2cc(-c3ccc(-c4ccccc4)cc3)nn2)c1. The normalized spacial score (nSPS) is 10.6. The first-order chi connectivity index (χ1) is 12.3. The van der Waals surface area contributed by atoms with Crippen molar-refractivity contribution >= 4 is 0 Å². The van der Waals surface area contributed by atoms with E-state index in [1.807, 2.05) is 48.7 Å². The highest BCUT2D eigenvalue weighted by Gasteiger charge is 2.07. The van der Waals surface area contributed by atoms with E-state index < -0.39 is 0 Å². The fourth-order valence-corrected chi connectivity index (χ4v) is 2.74. The summed E-state index contributed by atoms with van der Waals surface area (Å²) in [5, 5.41) is 8.52. The average molecular weight is 327 g/mol. The van der Waals surface area contributed by atoms with Crippen molar-refractivity contribution in [3.05, 3.63) is 85.1 Å². The van der Waals surface area contributed by atoms with Gasteiger partial charge in [-0.25, -0.2) is 4.68 Å². The Hall–Kier alpha value is -3.40. The van der Waals surface area contributed by atoms with E-state index in [-0.39, 0.29) is 0 Å². The topological polar surface area (TPSA) is 39.9 Å². The Bertz CT molecular complexity index is 975. The van der Waals surface area contributed by atoms with Crippen LogP contribution < -0.4 is 4.74 Å². The van der Waals surface area contributed by atoms with Gasteiger partial charge in [0, 0.05) is 11.6 Å². The van der Waals surface area contributed by atoms with Crippen LogP contribution in [0.2, 0.25) is 0 Å². The number of nitrogens with zero attached hydrogens (tertiary/aromatic N) is 3. The lowest BCUT2D eigenvalue weighted by atomic mass is 10.0. The van der Waals surface area contributed by atoms with E-state index in [0.717, 1.165) is 22.7 Å². The van der Waals surface area contributed by atoms with Crippen molar-refractivity contribution in [1.29, 1.82) is 0 Å². The van der Waals surface area contributed by atoms with Crippen molar-refractivity contribution < 1.29 is 4.74 Å². The van der Waals surface area contributed by atoms with Gasteiger partial charge in [0.15, 0.2) is 0 Å². The molecule has 0 bridgehead atoms. The smallest absolute Gasteiger partial charge is 0.121 e. The van der Waals surface area contributed by atoms with Crippen LogP contribution in [0.4, 0.5) is 0 Å². The molecular weight excluding hydrogens is 310 g/mol. The Labute approximate surface area is 146 Å². The largest absolute Gasteiger partial charge is 0.497 e. The molecule has 4 nitrogen and oxygen atoms in total. The molecule has 122 valence electrons. The molecule has 0 saturated carbocycles. The number of hydrogen-bond acceptors (Lipinski definition) is 3. The second-order valence-electron chi connectivity index (χ2n) is 5.69. The second kappa shape index (κ2) is 6.61. The number of ether oxygens (including phenoxy) is 1. The van der Waals surface area contributed by atoms with Crippen molar-refractivity contribution in [1.82, 2.24) is 15.0 Å². The molecule has 4 aromatic rings. The zero-order chi connectivity index (χ0) is 17.1. The number of rotatable bonds is 4. The third kappa shape index (κ3) is 3.15. The summed E-state index contributed by atoms with van der Waals surface area (Å²) in [6, 6.07) is 26.4. The van der Waals surface area contributed by atoms with Crippen molar-refractivity contribution in [2.24, 2.45) is 0 Å². The van der Waals surface area contributed by atoms with Gasteiger partial charge in [-0.15, -0.1) is 5.10 Å². The molecule has 1 heterocycles. The molecule has 25 heavy (non-hydrogen) atoms. The third-order valence-electron chi connectivity index (χ3n) is 4.10. The predicted octanol–water partition coefficient (Wildman–Crippen LogP) is 4.61. The van der Waals surface area contributed by atoms with Gasteiger partial charge in [-0.2, -0.15) is 0 Å². The van der Waals surface area contributed by atoms with Crippen LogP contribution in [0.25, 0.3) is 28.1 Å². The molecule has 0 radical (unpaired) electrons. The molecule has 0 saturated heterocycles. The highest BCUT2D eigenvalue weighted by molar-refractivity contribution is 5.68. The first kappa shape index (κ1) is 15.1. The van der Waals surface area contributed by atoms with Crippen LogP contribution in [0.1, 0.15) is 0 Å². The van der Waals surface area contributed by atoms with Gasteiger partial charge in [-0.05, 0) is 23.3 Å². The summed E-state index contributed by atoms with van der Waals surface area (Å²) >= 11 is 0. The Morgan fingerprint density at radius 3 is 2.24 bits per heavy atom. The minimum atomic E-state index is 0.793. The Kier molecular flexibility index (Phi) is 4.01. The Morgan fingerprint density at radius 1 is 0.760 bits per heavy atom. The second-order valence-corrected chi connectivity index (χ2v) is 5.69. The van der Waals surface area contributed by atoms with Gasteiger partial charge in [-0.3, -0.25) is 0 Å². The summed E-state index contributed by atoms with van der Waals surface area (Å²) in [5.74, 6) is 0.793. The molecule has 0 aliphatic carbocycles. The summed E-state index contributed by atoms with van der Waals surface area (Å²) in [4.78, 5) is 0. The van der Waals surface area contributed by atoms with Crippen LogP contribution in [0.5, 0.6) is 5.75 Å². The summed E-state index contributed by atoms with van der Waals surface area (Å²) in [6.45, 7) is 0. The van der Waals surface area contributed by atoms with Crippen LogP contribution in [0.15, 0.2) is 85.1 Å². The number of aromatic nitrogens is 3. The van der Waals surface area contributed by atoms with E-state index in [0.29, 0.717) is 0 Å². The molecule has 0 fully saturated rings. The van der Waals surface area contributed by atoms with Gasteiger partial charge >= 0.3 is 0 Å². The maximum Gasteiger partial charge on any atom is 0.121 e. The monoisotopic (exact) mass is 327 g/mol. The van der Waals surface area contributed by atoms with Gasteiger partial charge in [0.25, 0.3) is 0 Å². The Morgan fingerprint density at radius 2 is 1.48 bits per heavy atom. The highest BCUT2D eigenvalue weighted by atomic mass is 16.5. The molecule has 0 amide bonds. The summed E-state index contributed by atoms with van der Waals surface area (Å²) < 4.78 is 7.01. The molecule has 4 rings (SSSR count). The van der Waals surface area contributed by atoms with E-state index in [4.69, 9.17) is 4.74 Å². The zero-order valence-electron chi connectivity index (χ0n) is 13.8. The zero-order valence-corrected chi connectivity index (χ0v) is 13.8. The molecule has 4 heteroatoms. The Balaban J connectivity index is 1.62. The maximum absolute atomic E-state index is 5.26. The summed E-state index contributed by atoms with van der Waals surface area (Å²) in [6.07, 6.45) is 1.92. The number of methoxy groups -OCH3 is 1. The van der Waals surface area contributed by atoms with Gasteiger partial charge in [0.2, 0.25) is 0 Å². The van der Waals surface area contributed by atoms with Crippen molar-refractivity contribution in [2.45, 2.75) is 0 Å². The first-order valence-corrected chi connectivity index (χ1v) is 8.06. The lowest BCUT2D eigenvalue weighted by Crippen LogP contribution is -1.95. The van der Waals surface area contributed by atoms with E-state index in [2.05, 4.69) is 46.7 Å². The average Bonchev–Trinajstić information content (AvgIpc) is 3.19. The van der Waals surface area contributed by atoms with Crippen LogP contribution in [-0.4, -0.2) is 22.1 Å². The molecule has 0 unspecified atom stereocenters. The lowest BCUT2D eigenvalue weighted by molar-refractivity contribution is 0.414. The van der Waals surface area contributed by atoms with Crippen LogP contribution >= 0.6 is 0 Å². The minimum absolute atomic E-state index is 0.793. The van der Waals surface area contributed by atoms with Crippen molar-refractivity contribution in [3.8, 4) is 33.8 Å². The van der Waals surface area contributed by atoms with Crippen molar-refractivity contribution in [3.63, 3.8) is 0 Å². The summed E-state index contributed by atoms with van der Waals surface area (Å²) in [7, 11) is 1.65. The lowest BCUT2D eigenvalue weighted by Gasteiger charge is -2.03. The number of hydrogen-bond donors (Lipinski definition) is 0. The molecular formula is C21H17N3O. The molecule has 0 aliphatic rings. The van der Waals surface area contributed by atoms with Gasteiger partial charge in [0.1, 0.15) is 11.4 Å². The minimum Gasteiger partial charge on any atom is -0.497 e. The maximum atomic E-state index is 5.26. The predicted molar refractivity (Wildman–Crippen MR) is 98.8 cm³/mol. The van der Waals surface area contributed by atoms with E-state index in [9.17, 15) is 0 Å². The van der Waals surface area contributed by atoms with Crippen LogP contribution in [0, 0.1) is 0 Å². The van der Waals surface area contributed by atoms with E-state index in [1.165, 1.54) is 11.1 Å². The fraction of sp³-hybridized carbons (Fsp3) is 0.0476. The molecule has 1 aromatic heterocycles. The third-order valence-corrected chi connectivity index (χ3v) is 4.10. The van der Waals surface area contributed by atoms with Crippen LogP contribution in [-0.2, 0) is 0 Å². The standard InChI is InChI=1S/C21H17N3O/c1-25-20-9-5-8-19(14-20)24-15-21(22-23-24)18-12-10-17(11-13-18)16-6-3-2-4-7-16/h2-15H,1H3. The van der Waals surface area contributed by atoms with E-state index >= 15 is 0 Å². The molecule has 3 aromatic carbocycles. The molecule has 0 atom stereocenters. The van der Waals surface area contributed by atoms with E-state index in [1.54, 1.807) is 11.8 Å². The molecule has 0 spiro atoms. The fourth-order valence-electron chi connectivity index (χ4n) is 2.74. The first-order valence-electron chi connectivity index (χ1n) is 8.06. The summed E-state index contributed by atoms with van der Waals surface area (Å²) in [5.41, 5.74) is 5.17. The number of benzene rings is 3. The molecule has 0 aliphatic heterocycles. The van der Waals surface area contributed by atoms with Gasteiger partial charge in [0.05, 0.1) is 19.0 Å². The van der Waals surface area contributed by atoms with Gasteiger partial charge in [-0.1, -0.05) is 65.9 Å².